The highest BCUT2D eigenvalue weighted by molar-refractivity contribution is 6.32. The number of benzene rings is 2. The minimum atomic E-state index is -0.409. The summed E-state index contributed by atoms with van der Waals surface area (Å²) in [4.78, 5) is 38.4. The maximum atomic E-state index is 12.5. The molecule has 1 N–H and O–H groups in total. The highest BCUT2D eigenvalue weighted by atomic mass is 35.5. The van der Waals surface area contributed by atoms with E-state index in [-0.39, 0.29) is 30.3 Å². The maximum absolute atomic E-state index is 12.5. The number of hydrogen-bond acceptors (Lipinski definition) is 3. The average Bonchev–Trinajstić information content (AvgIpc) is 2.90. The van der Waals surface area contributed by atoms with Crippen LogP contribution in [-0.4, -0.2) is 29.2 Å². The summed E-state index contributed by atoms with van der Waals surface area (Å²) in [6, 6.07) is 10.6. The van der Waals surface area contributed by atoms with Crippen molar-refractivity contribution in [3.63, 3.8) is 0 Å². The van der Waals surface area contributed by atoms with E-state index in [1.807, 2.05) is 32.0 Å². The lowest BCUT2D eigenvalue weighted by Gasteiger charge is -2.16. The molecule has 1 aliphatic heterocycles. The van der Waals surface area contributed by atoms with E-state index < -0.39 is 5.91 Å². The van der Waals surface area contributed by atoms with Gasteiger partial charge in [-0.05, 0) is 42.2 Å². The molecule has 0 aliphatic carbocycles. The summed E-state index contributed by atoms with van der Waals surface area (Å²) in [5, 5.41) is 3.36. The molecule has 0 atom stereocenters. The van der Waals surface area contributed by atoms with Crippen molar-refractivity contribution in [3.05, 3.63) is 63.7 Å². The van der Waals surface area contributed by atoms with Crippen LogP contribution in [0.4, 0.5) is 5.69 Å². The van der Waals surface area contributed by atoms with E-state index in [2.05, 4.69) is 5.32 Å². The predicted molar refractivity (Wildman–Crippen MR) is 105 cm³/mol. The standard InChI is InChI=1S/C21H21ClN2O3/c1-3-13-6-5-7-14(4-2)19(13)23-18(25)10-11-24-20(26)16-9-8-15(22)12-17(16)21(24)27/h5-9,12H,3-4,10-11H2,1-2H3,(H,23,25). The second-order valence-corrected chi connectivity index (χ2v) is 6.84. The van der Waals surface area contributed by atoms with Gasteiger partial charge in [-0.2, -0.15) is 0 Å². The molecule has 140 valence electrons. The Morgan fingerprint density at radius 3 is 2.26 bits per heavy atom. The number of aryl methyl sites for hydroxylation is 2. The second-order valence-electron chi connectivity index (χ2n) is 6.41. The molecule has 0 saturated heterocycles. The zero-order chi connectivity index (χ0) is 19.6. The third kappa shape index (κ3) is 3.74. The molecule has 27 heavy (non-hydrogen) atoms. The lowest BCUT2D eigenvalue weighted by Crippen LogP contribution is -2.33. The maximum Gasteiger partial charge on any atom is 0.261 e. The van der Waals surface area contributed by atoms with Gasteiger partial charge in [-0.25, -0.2) is 0 Å². The van der Waals surface area contributed by atoms with E-state index in [9.17, 15) is 14.4 Å². The van der Waals surface area contributed by atoms with Crippen LogP contribution in [0.5, 0.6) is 0 Å². The lowest BCUT2D eigenvalue weighted by molar-refractivity contribution is -0.116. The predicted octanol–water partition coefficient (Wildman–Crippen LogP) is 4.09. The molecule has 1 heterocycles. The van der Waals surface area contributed by atoms with E-state index in [4.69, 9.17) is 11.6 Å². The number of nitrogens with one attached hydrogen (secondary N) is 1. The molecule has 0 unspecified atom stereocenters. The van der Waals surface area contributed by atoms with Crippen LogP contribution in [-0.2, 0) is 17.6 Å². The van der Waals surface area contributed by atoms with Crippen molar-refractivity contribution in [1.29, 1.82) is 0 Å². The van der Waals surface area contributed by atoms with Crippen molar-refractivity contribution >= 4 is 35.0 Å². The number of fused-ring (bicyclic) bond motifs is 1. The third-order valence-electron chi connectivity index (χ3n) is 4.76. The van der Waals surface area contributed by atoms with Gasteiger partial charge in [0.2, 0.25) is 5.91 Å². The largest absolute Gasteiger partial charge is 0.326 e. The van der Waals surface area contributed by atoms with Gasteiger partial charge in [0, 0.05) is 23.7 Å². The smallest absolute Gasteiger partial charge is 0.261 e. The monoisotopic (exact) mass is 384 g/mol. The van der Waals surface area contributed by atoms with Gasteiger partial charge in [0.25, 0.3) is 11.8 Å². The number of nitrogens with zero attached hydrogens (tertiary/aromatic N) is 1. The SMILES string of the molecule is CCc1cccc(CC)c1NC(=O)CCN1C(=O)c2ccc(Cl)cc2C1=O. The number of amides is 3. The molecule has 1 aliphatic rings. The highest BCUT2D eigenvalue weighted by Crippen LogP contribution is 2.26. The number of carbonyl (C=O) groups is 3. The van der Waals surface area contributed by atoms with Crippen molar-refractivity contribution in [2.45, 2.75) is 33.1 Å². The number of halogens is 1. The minimum absolute atomic E-state index is 0.0333. The molecule has 0 fully saturated rings. The number of hydrogen-bond donors (Lipinski definition) is 1. The molecule has 6 heteroatoms. The third-order valence-corrected chi connectivity index (χ3v) is 4.99. The molecule has 3 rings (SSSR count). The topological polar surface area (TPSA) is 66.5 Å². The Labute approximate surface area is 163 Å². The van der Waals surface area contributed by atoms with Gasteiger partial charge in [0.05, 0.1) is 11.1 Å². The van der Waals surface area contributed by atoms with Crippen LogP contribution in [0.2, 0.25) is 5.02 Å². The van der Waals surface area contributed by atoms with Crippen LogP contribution in [0.15, 0.2) is 36.4 Å². The summed E-state index contributed by atoms with van der Waals surface area (Å²) in [6.45, 7) is 4.11. The molecule has 2 aromatic rings. The molecule has 5 nitrogen and oxygen atoms in total. The van der Waals surface area contributed by atoms with Gasteiger partial charge >= 0.3 is 0 Å². The van der Waals surface area contributed by atoms with E-state index >= 15 is 0 Å². The fourth-order valence-corrected chi connectivity index (χ4v) is 3.46. The van der Waals surface area contributed by atoms with Crippen LogP contribution in [0.3, 0.4) is 0 Å². The summed E-state index contributed by atoms with van der Waals surface area (Å²) < 4.78 is 0. The lowest BCUT2D eigenvalue weighted by atomic mass is 10.0. The fourth-order valence-electron chi connectivity index (χ4n) is 3.28. The molecule has 3 amide bonds. The number of carbonyl (C=O) groups excluding carboxylic acids is 3. The van der Waals surface area contributed by atoms with Gasteiger partial charge in [-0.3, -0.25) is 19.3 Å². The summed E-state index contributed by atoms with van der Waals surface area (Å²) >= 11 is 5.91. The van der Waals surface area contributed by atoms with Gasteiger partial charge in [-0.15, -0.1) is 0 Å². The van der Waals surface area contributed by atoms with Crippen molar-refractivity contribution in [2.24, 2.45) is 0 Å². The Morgan fingerprint density at radius 2 is 1.63 bits per heavy atom. The van der Waals surface area contributed by atoms with Gasteiger partial charge in [0.15, 0.2) is 0 Å². The second kappa shape index (κ2) is 7.92. The first kappa shape index (κ1) is 19.1. The van der Waals surface area contributed by atoms with Crippen LogP contribution >= 0.6 is 11.6 Å². The minimum Gasteiger partial charge on any atom is -0.326 e. The van der Waals surface area contributed by atoms with E-state index in [0.29, 0.717) is 10.6 Å². The number of rotatable bonds is 6. The molecule has 0 spiro atoms. The first-order chi connectivity index (χ1) is 13.0. The van der Waals surface area contributed by atoms with Crippen LogP contribution in [0.25, 0.3) is 0 Å². The van der Waals surface area contributed by atoms with Crippen molar-refractivity contribution in [1.82, 2.24) is 4.90 Å². The van der Waals surface area contributed by atoms with E-state index in [1.54, 1.807) is 12.1 Å². The zero-order valence-electron chi connectivity index (χ0n) is 15.3. The van der Waals surface area contributed by atoms with Crippen LogP contribution < -0.4 is 5.32 Å². The normalized spacial score (nSPS) is 13.1. The molecule has 0 aromatic heterocycles. The van der Waals surface area contributed by atoms with Crippen molar-refractivity contribution in [3.8, 4) is 0 Å². The Kier molecular flexibility index (Phi) is 5.61. The molecular formula is C21H21ClN2O3. The van der Waals surface area contributed by atoms with Gasteiger partial charge < -0.3 is 5.32 Å². The number of anilines is 1. The Balaban J connectivity index is 1.69. The first-order valence-electron chi connectivity index (χ1n) is 9.02. The number of para-hydroxylation sites is 1. The van der Waals surface area contributed by atoms with Crippen molar-refractivity contribution < 1.29 is 14.4 Å². The Bertz CT molecular complexity index is 901. The van der Waals surface area contributed by atoms with Crippen molar-refractivity contribution in [2.75, 3.05) is 11.9 Å². The Morgan fingerprint density at radius 1 is 1.00 bits per heavy atom. The molecule has 0 bridgehead atoms. The zero-order valence-corrected chi connectivity index (χ0v) is 16.1. The van der Waals surface area contributed by atoms with E-state index in [0.717, 1.165) is 34.6 Å². The molecular weight excluding hydrogens is 364 g/mol. The van der Waals surface area contributed by atoms with Gasteiger partial charge in [-0.1, -0.05) is 43.6 Å². The quantitative estimate of drug-likeness (QED) is 0.763. The molecule has 0 radical (unpaired) electrons. The number of imide groups is 1. The fraction of sp³-hybridized carbons (Fsp3) is 0.286. The summed E-state index contributed by atoms with van der Waals surface area (Å²) in [5.41, 5.74) is 3.59. The first-order valence-corrected chi connectivity index (χ1v) is 9.40. The summed E-state index contributed by atoms with van der Waals surface area (Å²) in [6.07, 6.45) is 1.66. The molecule has 2 aromatic carbocycles. The van der Waals surface area contributed by atoms with Gasteiger partial charge in [0.1, 0.15) is 0 Å². The molecule has 0 saturated carbocycles. The summed E-state index contributed by atoms with van der Waals surface area (Å²) in [5.74, 6) is -1.02. The summed E-state index contributed by atoms with van der Waals surface area (Å²) in [7, 11) is 0. The Hall–Kier alpha value is -2.66. The average molecular weight is 385 g/mol. The van der Waals surface area contributed by atoms with Crippen LogP contribution in [0, 0.1) is 0 Å². The van der Waals surface area contributed by atoms with E-state index in [1.165, 1.54) is 6.07 Å². The highest BCUT2D eigenvalue weighted by Gasteiger charge is 2.35. The van der Waals surface area contributed by atoms with Crippen LogP contribution in [0.1, 0.15) is 52.1 Å².